The molecule has 0 radical (unpaired) electrons. The first-order chi connectivity index (χ1) is 7.13. The molecule has 0 unspecified atom stereocenters. The lowest BCUT2D eigenvalue weighted by Gasteiger charge is -2.03. The van der Waals surface area contributed by atoms with Crippen molar-refractivity contribution >= 4 is 22.6 Å². The van der Waals surface area contributed by atoms with Gasteiger partial charge in [-0.05, 0) is 6.07 Å². The van der Waals surface area contributed by atoms with E-state index in [1.165, 1.54) is 13.2 Å². The maximum atomic E-state index is 13.1. The van der Waals surface area contributed by atoms with Crippen LogP contribution in [0.3, 0.4) is 0 Å². The highest BCUT2D eigenvalue weighted by atomic mass is 35.5. The van der Waals surface area contributed by atoms with Crippen LogP contribution >= 0.6 is 11.6 Å². The fourth-order valence-electron chi connectivity index (χ4n) is 1.23. The molecule has 0 aliphatic heterocycles. The van der Waals surface area contributed by atoms with Crippen LogP contribution in [-0.2, 0) is 0 Å². The molecule has 6 heteroatoms. The number of fused-ring (bicyclic) bond motifs is 1. The summed E-state index contributed by atoms with van der Waals surface area (Å²) in [5.41, 5.74) is -0.202. The Kier molecular flexibility index (Phi) is 2.32. The summed E-state index contributed by atoms with van der Waals surface area (Å²) >= 11 is 5.71. The third-order valence-electron chi connectivity index (χ3n) is 1.96. The summed E-state index contributed by atoms with van der Waals surface area (Å²) in [5.74, 6) is -0.574. The Morgan fingerprint density at radius 2 is 2.33 bits per heavy atom. The van der Waals surface area contributed by atoms with E-state index in [4.69, 9.17) is 16.3 Å². The van der Waals surface area contributed by atoms with Gasteiger partial charge in [-0.3, -0.25) is 4.79 Å². The minimum atomic E-state index is -0.640. The number of ether oxygens (including phenoxy) is 1. The Hall–Kier alpha value is -1.62. The van der Waals surface area contributed by atoms with Gasteiger partial charge in [-0.15, -0.1) is 0 Å². The number of hydrogen-bond donors (Lipinski definition) is 1. The van der Waals surface area contributed by atoms with Crippen molar-refractivity contribution in [3.63, 3.8) is 0 Å². The SMILES string of the molecule is COc1cc2c(Cl)c(F)cnc2[nH]c1=O. The summed E-state index contributed by atoms with van der Waals surface area (Å²) in [6.07, 6.45) is 0.951. The molecule has 0 bridgehead atoms. The number of aromatic nitrogens is 2. The molecule has 0 spiro atoms. The molecule has 0 saturated heterocycles. The molecule has 2 aromatic heterocycles. The van der Waals surface area contributed by atoms with Crippen LogP contribution in [0.4, 0.5) is 4.39 Å². The maximum Gasteiger partial charge on any atom is 0.291 e. The number of halogens is 2. The number of nitrogens with zero attached hydrogens (tertiary/aromatic N) is 1. The molecule has 0 aliphatic rings. The van der Waals surface area contributed by atoms with Gasteiger partial charge in [0.2, 0.25) is 0 Å². The highest BCUT2D eigenvalue weighted by Crippen LogP contribution is 2.24. The van der Waals surface area contributed by atoms with Crippen LogP contribution in [0.15, 0.2) is 17.1 Å². The molecule has 0 saturated carbocycles. The van der Waals surface area contributed by atoms with E-state index >= 15 is 0 Å². The first-order valence-electron chi connectivity index (χ1n) is 4.04. The molecule has 0 atom stereocenters. The summed E-state index contributed by atoms with van der Waals surface area (Å²) in [6.45, 7) is 0. The van der Waals surface area contributed by atoms with Crippen LogP contribution < -0.4 is 10.3 Å². The zero-order chi connectivity index (χ0) is 11.0. The second-order valence-electron chi connectivity index (χ2n) is 2.85. The van der Waals surface area contributed by atoms with Crippen molar-refractivity contribution in [1.82, 2.24) is 9.97 Å². The number of pyridine rings is 2. The molecule has 15 heavy (non-hydrogen) atoms. The minimum absolute atomic E-state index is 0.0665. The largest absolute Gasteiger partial charge is 0.491 e. The third kappa shape index (κ3) is 1.55. The monoisotopic (exact) mass is 228 g/mol. The van der Waals surface area contributed by atoms with E-state index in [2.05, 4.69) is 9.97 Å². The predicted octanol–water partition coefficient (Wildman–Crippen LogP) is 1.72. The van der Waals surface area contributed by atoms with Gasteiger partial charge < -0.3 is 9.72 Å². The standard InChI is InChI=1S/C9H6ClFN2O2/c1-15-6-2-4-7(10)5(11)3-12-8(4)13-9(6)14/h2-3H,1H3,(H,12,13,14). The van der Waals surface area contributed by atoms with Gasteiger partial charge in [0.25, 0.3) is 5.56 Å². The van der Waals surface area contributed by atoms with E-state index in [0.717, 1.165) is 6.20 Å². The quantitative estimate of drug-likeness (QED) is 0.809. The van der Waals surface area contributed by atoms with Gasteiger partial charge in [-0.1, -0.05) is 11.6 Å². The van der Waals surface area contributed by atoms with E-state index in [-0.39, 0.29) is 16.4 Å². The molecular weight excluding hydrogens is 223 g/mol. The minimum Gasteiger partial charge on any atom is -0.491 e. The molecule has 78 valence electrons. The number of methoxy groups -OCH3 is 1. The summed E-state index contributed by atoms with van der Waals surface area (Å²) < 4.78 is 17.9. The van der Waals surface area contributed by atoms with Gasteiger partial charge >= 0.3 is 0 Å². The number of H-pyrrole nitrogens is 1. The van der Waals surface area contributed by atoms with E-state index in [1.54, 1.807) is 0 Å². The Morgan fingerprint density at radius 1 is 1.60 bits per heavy atom. The van der Waals surface area contributed by atoms with Crippen LogP contribution in [0.5, 0.6) is 5.75 Å². The van der Waals surface area contributed by atoms with Crippen molar-refractivity contribution < 1.29 is 9.13 Å². The van der Waals surface area contributed by atoms with Crippen LogP contribution in [0.2, 0.25) is 5.02 Å². The Labute approximate surface area is 88.7 Å². The van der Waals surface area contributed by atoms with Crippen LogP contribution in [-0.4, -0.2) is 17.1 Å². The smallest absolute Gasteiger partial charge is 0.291 e. The van der Waals surface area contributed by atoms with E-state index in [9.17, 15) is 9.18 Å². The first kappa shape index (κ1) is 9.92. The summed E-state index contributed by atoms with van der Waals surface area (Å²) in [7, 11) is 1.34. The van der Waals surface area contributed by atoms with Crippen molar-refractivity contribution in [2.75, 3.05) is 7.11 Å². The molecule has 0 fully saturated rings. The highest BCUT2D eigenvalue weighted by molar-refractivity contribution is 6.35. The lowest BCUT2D eigenvalue weighted by molar-refractivity contribution is 0.409. The lowest BCUT2D eigenvalue weighted by Crippen LogP contribution is -2.09. The molecule has 0 aromatic carbocycles. The lowest BCUT2D eigenvalue weighted by atomic mass is 10.3. The second-order valence-corrected chi connectivity index (χ2v) is 3.23. The topological polar surface area (TPSA) is 55.0 Å². The predicted molar refractivity (Wildman–Crippen MR) is 53.9 cm³/mol. The van der Waals surface area contributed by atoms with Gasteiger partial charge in [-0.2, -0.15) is 0 Å². The zero-order valence-electron chi connectivity index (χ0n) is 7.67. The van der Waals surface area contributed by atoms with Crippen LogP contribution in [0.25, 0.3) is 11.0 Å². The molecule has 1 N–H and O–H groups in total. The van der Waals surface area contributed by atoms with Gasteiger partial charge in [0.1, 0.15) is 5.65 Å². The summed E-state index contributed by atoms with van der Waals surface area (Å²) in [4.78, 5) is 17.4. The summed E-state index contributed by atoms with van der Waals surface area (Å²) in [5, 5.41) is 0.225. The van der Waals surface area contributed by atoms with Gasteiger partial charge in [0.15, 0.2) is 11.6 Å². The zero-order valence-corrected chi connectivity index (χ0v) is 8.43. The number of aromatic amines is 1. The Balaban J connectivity index is 2.89. The number of hydrogen-bond acceptors (Lipinski definition) is 3. The van der Waals surface area contributed by atoms with Crippen molar-refractivity contribution in [3.8, 4) is 5.75 Å². The average molecular weight is 229 g/mol. The molecule has 2 aromatic rings. The van der Waals surface area contributed by atoms with Gasteiger partial charge in [0, 0.05) is 5.39 Å². The Bertz CT molecular complexity index is 582. The molecule has 4 nitrogen and oxygen atoms in total. The molecule has 0 aliphatic carbocycles. The van der Waals surface area contributed by atoms with E-state index in [1.807, 2.05) is 0 Å². The average Bonchev–Trinajstić information content (AvgIpc) is 2.23. The van der Waals surface area contributed by atoms with Crippen molar-refractivity contribution in [2.45, 2.75) is 0 Å². The fourth-order valence-corrected chi connectivity index (χ4v) is 1.42. The van der Waals surface area contributed by atoms with Crippen LogP contribution in [0.1, 0.15) is 0 Å². The molecule has 2 heterocycles. The first-order valence-corrected chi connectivity index (χ1v) is 4.42. The van der Waals surface area contributed by atoms with Crippen molar-refractivity contribution in [1.29, 1.82) is 0 Å². The fraction of sp³-hybridized carbons (Fsp3) is 0.111. The molecule has 2 rings (SSSR count). The normalized spacial score (nSPS) is 10.6. The highest BCUT2D eigenvalue weighted by Gasteiger charge is 2.10. The van der Waals surface area contributed by atoms with Gasteiger partial charge in [0.05, 0.1) is 18.3 Å². The number of nitrogens with one attached hydrogen (secondary N) is 1. The van der Waals surface area contributed by atoms with Crippen LogP contribution in [0, 0.1) is 5.82 Å². The molecular formula is C9H6ClFN2O2. The molecule has 0 amide bonds. The third-order valence-corrected chi connectivity index (χ3v) is 2.34. The Morgan fingerprint density at radius 3 is 3.00 bits per heavy atom. The number of rotatable bonds is 1. The second kappa shape index (κ2) is 3.51. The van der Waals surface area contributed by atoms with E-state index in [0.29, 0.717) is 5.39 Å². The maximum absolute atomic E-state index is 13.1. The van der Waals surface area contributed by atoms with Crippen molar-refractivity contribution in [2.24, 2.45) is 0 Å². The van der Waals surface area contributed by atoms with E-state index < -0.39 is 11.4 Å². The van der Waals surface area contributed by atoms with Gasteiger partial charge in [-0.25, -0.2) is 9.37 Å². The summed E-state index contributed by atoms with van der Waals surface area (Å²) in [6, 6.07) is 1.35. The van der Waals surface area contributed by atoms with Crippen molar-refractivity contribution in [3.05, 3.63) is 33.5 Å².